The first kappa shape index (κ1) is 10.2. The third-order valence-corrected chi connectivity index (χ3v) is 2.05. The molecular formula is C9H11N5O2. The minimum absolute atomic E-state index is 0.0556. The summed E-state index contributed by atoms with van der Waals surface area (Å²) in [5, 5.41) is 6.06. The summed E-state index contributed by atoms with van der Waals surface area (Å²) >= 11 is 0. The van der Waals surface area contributed by atoms with Crippen LogP contribution in [0.2, 0.25) is 0 Å². The van der Waals surface area contributed by atoms with E-state index in [-0.39, 0.29) is 17.7 Å². The molecule has 0 bridgehead atoms. The highest BCUT2D eigenvalue weighted by Gasteiger charge is 2.16. The molecule has 0 aliphatic heterocycles. The van der Waals surface area contributed by atoms with Crippen LogP contribution in [0.4, 0.5) is 5.95 Å². The standard InChI is InChI=1S/C9H11N5O2/c1-14(4-6-2-3-16-5-6)8(15)7-11-9(10)13-12-7/h2-3,5H,4H2,1H3,(H3,10,11,12,13). The lowest BCUT2D eigenvalue weighted by Gasteiger charge is -2.13. The molecule has 0 aliphatic rings. The van der Waals surface area contributed by atoms with E-state index < -0.39 is 0 Å². The van der Waals surface area contributed by atoms with E-state index in [1.165, 1.54) is 4.90 Å². The first-order valence-corrected chi connectivity index (χ1v) is 4.61. The van der Waals surface area contributed by atoms with Crippen molar-refractivity contribution >= 4 is 11.9 Å². The normalized spacial score (nSPS) is 10.3. The van der Waals surface area contributed by atoms with Crippen LogP contribution < -0.4 is 5.73 Å². The molecule has 7 nitrogen and oxygen atoms in total. The van der Waals surface area contributed by atoms with E-state index in [0.717, 1.165) is 5.56 Å². The number of carbonyl (C=O) groups is 1. The van der Waals surface area contributed by atoms with Gasteiger partial charge >= 0.3 is 0 Å². The molecule has 84 valence electrons. The van der Waals surface area contributed by atoms with Gasteiger partial charge < -0.3 is 15.1 Å². The monoisotopic (exact) mass is 221 g/mol. The summed E-state index contributed by atoms with van der Waals surface area (Å²) in [6, 6.07) is 1.79. The molecule has 0 atom stereocenters. The maximum absolute atomic E-state index is 11.8. The number of nitrogen functional groups attached to an aromatic ring is 1. The molecule has 7 heteroatoms. The zero-order valence-corrected chi connectivity index (χ0v) is 8.67. The molecule has 2 rings (SSSR count). The average molecular weight is 221 g/mol. The van der Waals surface area contributed by atoms with Gasteiger partial charge in [0.25, 0.3) is 5.91 Å². The topological polar surface area (TPSA) is 101 Å². The molecule has 0 saturated heterocycles. The summed E-state index contributed by atoms with van der Waals surface area (Å²) in [5.41, 5.74) is 6.22. The van der Waals surface area contributed by atoms with Crippen molar-refractivity contribution in [2.24, 2.45) is 0 Å². The Balaban J connectivity index is 2.05. The lowest BCUT2D eigenvalue weighted by atomic mass is 10.3. The third kappa shape index (κ3) is 2.02. The summed E-state index contributed by atoms with van der Waals surface area (Å²) in [5.74, 6) is -0.0889. The number of amides is 1. The fourth-order valence-corrected chi connectivity index (χ4v) is 1.28. The molecule has 3 N–H and O–H groups in total. The Labute approximate surface area is 91.3 Å². The molecule has 0 aliphatic carbocycles. The summed E-state index contributed by atoms with van der Waals surface area (Å²) < 4.78 is 4.91. The van der Waals surface area contributed by atoms with E-state index in [0.29, 0.717) is 6.54 Å². The van der Waals surface area contributed by atoms with E-state index in [1.807, 2.05) is 0 Å². The molecule has 0 radical (unpaired) electrons. The predicted molar refractivity (Wildman–Crippen MR) is 55.3 cm³/mol. The Morgan fingerprint density at radius 3 is 3.06 bits per heavy atom. The second kappa shape index (κ2) is 4.05. The minimum Gasteiger partial charge on any atom is -0.472 e. The Morgan fingerprint density at radius 2 is 2.50 bits per heavy atom. The van der Waals surface area contributed by atoms with Crippen molar-refractivity contribution in [3.05, 3.63) is 30.0 Å². The molecule has 0 unspecified atom stereocenters. The maximum atomic E-state index is 11.8. The van der Waals surface area contributed by atoms with Gasteiger partial charge in [-0.15, -0.1) is 5.10 Å². The Morgan fingerprint density at radius 1 is 1.69 bits per heavy atom. The smallest absolute Gasteiger partial charge is 0.291 e. The van der Waals surface area contributed by atoms with Crippen molar-refractivity contribution in [1.29, 1.82) is 0 Å². The Bertz CT molecular complexity index is 476. The van der Waals surface area contributed by atoms with E-state index in [2.05, 4.69) is 15.2 Å². The van der Waals surface area contributed by atoms with E-state index in [4.69, 9.17) is 10.2 Å². The van der Waals surface area contributed by atoms with Crippen LogP contribution in [0.25, 0.3) is 0 Å². The molecule has 0 spiro atoms. The molecule has 2 aromatic heterocycles. The van der Waals surface area contributed by atoms with Crippen molar-refractivity contribution in [2.45, 2.75) is 6.54 Å². The number of anilines is 1. The second-order valence-corrected chi connectivity index (χ2v) is 3.34. The summed E-state index contributed by atoms with van der Waals surface area (Å²) in [6.07, 6.45) is 3.14. The van der Waals surface area contributed by atoms with Gasteiger partial charge in [-0.25, -0.2) is 0 Å². The number of carbonyl (C=O) groups excluding carboxylic acids is 1. The maximum Gasteiger partial charge on any atom is 0.291 e. The van der Waals surface area contributed by atoms with Gasteiger partial charge in [0.1, 0.15) is 0 Å². The van der Waals surface area contributed by atoms with Crippen molar-refractivity contribution in [3.63, 3.8) is 0 Å². The quantitative estimate of drug-likeness (QED) is 0.773. The molecule has 2 heterocycles. The van der Waals surface area contributed by atoms with Crippen LogP contribution in [0.1, 0.15) is 16.2 Å². The van der Waals surface area contributed by atoms with Gasteiger partial charge in [0.15, 0.2) is 0 Å². The molecule has 2 aromatic rings. The second-order valence-electron chi connectivity index (χ2n) is 3.34. The third-order valence-electron chi connectivity index (χ3n) is 2.05. The van der Waals surface area contributed by atoms with Gasteiger partial charge in [-0.3, -0.25) is 9.89 Å². The number of rotatable bonds is 3. The minimum atomic E-state index is -0.273. The van der Waals surface area contributed by atoms with Crippen LogP contribution in [0.15, 0.2) is 23.0 Å². The van der Waals surface area contributed by atoms with Gasteiger partial charge in [-0.2, -0.15) is 4.98 Å². The van der Waals surface area contributed by atoms with Crippen LogP contribution in [0, 0.1) is 0 Å². The summed E-state index contributed by atoms with van der Waals surface area (Å²) in [4.78, 5) is 17.0. The molecular weight excluding hydrogens is 210 g/mol. The number of nitrogens with zero attached hydrogens (tertiary/aromatic N) is 3. The van der Waals surface area contributed by atoms with Crippen LogP contribution in [0.5, 0.6) is 0 Å². The molecule has 0 aromatic carbocycles. The number of furan rings is 1. The Hall–Kier alpha value is -2.31. The summed E-state index contributed by atoms with van der Waals surface area (Å²) in [7, 11) is 1.66. The largest absolute Gasteiger partial charge is 0.472 e. The number of nitrogens with one attached hydrogen (secondary N) is 1. The highest BCUT2D eigenvalue weighted by molar-refractivity contribution is 5.90. The zero-order valence-electron chi connectivity index (χ0n) is 8.67. The molecule has 0 fully saturated rings. The van der Waals surface area contributed by atoms with Gasteiger partial charge in [0.2, 0.25) is 11.8 Å². The highest BCUT2D eigenvalue weighted by atomic mass is 16.3. The van der Waals surface area contributed by atoms with Gasteiger partial charge in [-0.1, -0.05) is 0 Å². The molecule has 0 saturated carbocycles. The van der Waals surface area contributed by atoms with Crippen molar-refractivity contribution < 1.29 is 9.21 Å². The van der Waals surface area contributed by atoms with Crippen LogP contribution in [-0.2, 0) is 6.54 Å². The molecule has 16 heavy (non-hydrogen) atoms. The number of aromatic nitrogens is 3. The lowest BCUT2D eigenvalue weighted by molar-refractivity contribution is 0.0773. The lowest BCUT2D eigenvalue weighted by Crippen LogP contribution is -2.27. The Kier molecular flexibility index (Phi) is 2.59. The van der Waals surface area contributed by atoms with E-state index in [9.17, 15) is 4.79 Å². The van der Waals surface area contributed by atoms with Crippen molar-refractivity contribution in [1.82, 2.24) is 20.1 Å². The number of nitrogens with two attached hydrogens (primary N) is 1. The average Bonchev–Trinajstić information content (AvgIpc) is 2.88. The summed E-state index contributed by atoms with van der Waals surface area (Å²) in [6.45, 7) is 0.440. The fourth-order valence-electron chi connectivity index (χ4n) is 1.28. The number of hydrogen-bond acceptors (Lipinski definition) is 5. The zero-order chi connectivity index (χ0) is 11.5. The van der Waals surface area contributed by atoms with Crippen LogP contribution >= 0.6 is 0 Å². The van der Waals surface area contributed by atoms with Crippen molar-refractivity contribution in [3.8, 4) is 0 Å². The fraction of sp³-hybridized carbons (Fsp3) is 0.222. The number of hydrogen-bond donors (Lipinski definition) is 2. The van der Waals surface area contributed by atoms with Crippen LogP contribution in [-0.4, -0.2) is 33.0 Å². The van der Waals surface area contributed by atoms with E-state index >= 15 is 0 Å². The van der Waals surface area contributed by atoms with Gasteiger partial charge in [-0.05, 0) is 6.07 Å². The van der Waals surface area contributed by atoms with Crippen molar-refractivity contribution in [2.75, 3.05) is 12.8 Å². The predicted octanol–water partition coefficient (Wildman–Crippen LogP) is 0.252. The highest BCUT2D eigenvalue weighted by Crippen LogP contribution is 2.06. The van der Waals surface area contributed by atoms with E-state index in [1.54, 1.807) is 25.6 Å². The first-order chi connectivity index (χ1) is 7.66. The SMILES string of the molecule is CN(Cc1ccoc1)C(=O)c1nc(N)n[nH]1. The van der Waals surface area contributed by atoms with Gasteiger partial charge in [0.05, 0.1) is 12.5 Å². The first-order valence-electron chi connectivity index (χ1n) is 4.61. The van der Waals surface area contributed by atoms with Crippen LogP contribution in [0.3, 0.4) is 0 Å². The number of aromatic amines is 1. The van der Waals surface area contributed by atoms with Gasteiger partial charge in [0, 0.05) is 19.2 Å². The number of H-pyrrole nitrogens is 1. The molecule has 1 amide bonds.